The number of amides is 8. The Balaban J connectivity index is 0.000000115. The van der Waals surface area contributed by atoms with E-state index in [2.05, 4.69) is 123 Å². The number of anilines is 12. The number of nitrogens with one attached hydrogen (secondary N) is 8. The number of carbonyl (C=O) groups excluding carboxylic acids is 4. The number of nitrogens with two attached hydrogens (primary N) is 4. The van der Waals surface area contributed by atoms with Gasteiger partial charge in [-0.2, -0.15) is 13.2 Å². The zero-order valence-corrected chi connectivity index (χ0v) is 73.8. The molecule has 13 heterocycles. The van der Waals surface area contributed by atoms with Crippen molar-refractivity contribution in [3.8, 4) is 44.5 Å². The van der Waals surface area contributed by atoms with Crippen molar-refractivity contribution in [1.82, 2.24) is 83.8 Å². The van der Waals surface area contributed by atoms with Gasteiger partial charge in [0.2, 0.25) is 23.5 Å². The van der Waals surface area contributed by atoms with E-state index >= 15 is 22.0 Å². The number of alkyl halides is 3. The lowest BCUT2D eigenvalue weighted by atomic mass is 9.66. The molecule has 0 atom stereocenters. The van der Waals surface area contributed by atoms with Gasteiger partial charge in [0.1, 0.15) is 123 Å². The van der Waals surface area contributed by atoms with Gasteiger partial charge in [-0.25, -0.2) is 94.8 Å². The van der Waals surface area contributed by atoms with Crippen LogP contribution in [0.4, 0.5) is 133 Å². The number of hydrogen-bond acceptors (Lipinski definition) is 25. The lowest BCUT2D eigenvalue weighted by molar-refractivity contribution is -0.214. The van der Waals surface area contributed by atoms with Gasteiger partial charge in [-0.15, -0.1) is 0 Å². The molecule has 0 bridgehead atoms. The number of fused-ring (bicyclic) bond motifs is 4. The minimum absolute atomic E-state index is 0. The summed E-state index contributed by atoms with van der Waals surface area (Å²) in [7, 11) is 0. The summed E-state index contributed by atoms with van der Waals surface area (Å²) < 4.78 is 174. The molecule has 8 fully saturated rings. The summed E-state index contributed by atoms with van der Waals surface area (Å²) in [6, 6.07) is 11.1. The lowest BCUT2D eigenvalue weighted by Crippen LogP contribution is -2.48. The van der Waals surface area contributed by atoms with Crippen LogP contribution in [0.5, 0.6) is 0 Å². The summed E-state index contributed by atoms with van der Waals surface area (Å²) in [6.45, 7) is 6.19. The van der Waals surface area contributed by atoms with Crippen molar-refractivity contribution < 1.29 is 81.2 Å². The van der Waals surface area contributed by atoms with Crippen LogP contribution in [0, 0.1) is 40.7 Å². The smallest absolute Gasteiger partial charge is 0.383 e. The van der Waals surface area contributed by atoms with Gasteiger partial charge in [-0.1, -0.05) is 55.2 Å². The summed E-state index contributed by atoms with van der Waals surface area (Å²) in [5, 5.41) is 36.1. The summed E-state index contributed by atoms with van der Waals surface area (Å²) in [5.74, 6) is -5.40. The highest BCUT2D eigenvalue weighted by Crippen LogP contribution is 2.56. The van der Waals surface area contributed by atoms with Gasteiger partial charge >= 0.3 is 30.3 Å². The highest BCUT2D eigenvalue weighted by molar-refractivity contribution is 6.07. The molecule has 140 heavy (non-hydrogen) atoms. The first-order valence-corrected chi connectivity index (χ1v) is 44.5. The summed E-state index contributed by atoms with van der Waals surface area (Å²) in [5.41, 5.74) is 27.5. The maximum atomic E-state index is 15.2. The Morgan fingerprint density at radius 2 is 0.721 bits per heavy atom. The Hall–Kier alpha value is -16.3. The number of urea groups is 4. The molecular formula is C93H87F10N29O8. The third-order valence-electron chi connectivity index (χ3n) is 26.5. The molecule has 8 amide bonds. The topological polar surface area (TPSA) is 508 Å². The molecule has 0 saturated heterocycles. The zero-order valence-electron chi connectivity index (χ0n) is 73.8. The fourth-order valence-corrected chi connectivity index (χ4v) is 17.1. The number of rotatable bonds is 20. The standard InChI is InChI=1S/C24H20F5N7O2.2C23H21F2N7O2.C22H21FN8O2.CH4/c25-14-6-11(13-9-36(12-2-3-12)21-18(13)20(30)31-10-32-21)7-15(26)19(14)34-22(37)33-17-8-16(35-38-17)23(4-1-5-23)24(27,28)29;1-23(4-5-23)16-8-17(34-31-16)30-22(33)29-11-6-14(24)18(15(25)7-11)13-9-32(12-2-3-12)21-19(13)20(26)27-10-28-21;1-23(4-5-23)17-8-18(34-31-17)30-22(33)29-16-7-14(24)12(6-15(16)25)13-9-32(11-2-3-11)21-19(13)20(26)27-10-28-21;1-22(4-5-22)15-7-16(33-30-15)28-21(32)29-19-14(23)6-11(8-25-19)13-9-31(12-2-3-12)20-17(13)18(24)26-10-27-20;/h6-10,12H,1-5H2,(H2,30,31,32)(H2,33,34,37);6-10,12H,2-5H2,1H3,(H2,26,27,28)(H2,29,30,33);6-11H,2-5H2,1H3,(H2,26,27,28)(H2,29,30,33);6-10,12H,2-5H2,1H3,(H2,24,26,27)(H2,25,28,29,32);1H4. The third-order valence-corrected chi connectivity index (χ3v) is 26.5. The zero-order chi connectivity index (χ0) is 96.8. The SMILES string of the molecule is C.CC1(c2cc(NC(=O)Nc3cc(F)c(-c4cn(C5CC5)c5ncnc(N)c45)c(F)c3)on2)CC1.CC1(c2cc(NC(=O)Nc3cc(F)c(-c4cn(C5CC5)c5ncnc(N)c45)cc3F)on2)CC1.CC1(c2cc(NC(=O)Nc3ncc(-c4cn(C5CC5)c5ncnc(N)c45)cc3F)on2)CC1.Nc1ncnc2c1c(-c1cc(F)c(NC(=O)Nc3cc(C4(C(F)(F)F)CCC4)no3)c(F)c1)cn2C1CC1. The maximum absolute atomic E-state index is 15.2. The average molecular weight is 1930 g/mol. The molecule has 0 radical (unpaired) electrons. The molecule has 16 aromatic rings. The first-order chi connectivity index (χ1) is 66.6. The molecule has 8 saturated carbocycles. The highest BCUT2D eigenvalue weighted by atomic mass is 19.4. The van der Waals surface area contributed by atoms with E-state index in [9.17, 15) is 41.1 Å². The Labute approximate surface area is 785 Å². The minimum Gasteiger partial charge on any atom is -0.383 e. The monoisotopic (exact) mass is 1930 g/mol. The Kier molecular flexibility index (Phi) is 22.7. The van der Waals surface area contributed by atoms with Gasteiger partial charge in [0, 0.05) is 141 Å². The van der Waals surface area contributed by atoms with Gasteiger partial charge in [0.05, 0.1) is 49.9 Å². The summed E-state index contributed by atoms with van der Waals surface area (Å²) in [6.07, 6.45) is 23.5. The first-order valence-electron chi connectivity index (χ1n) is 44.5. The van der Waals surface area contributed by atoms with Crippen molar-refractivity contribution in [2.45, 2.75) is 189 Å². The average Bonchev–Trinajstić information content (AvgIpc) is 1.49. The van der Waals surface area contributed by atoms with Crippen molar-refractivity contribution in [2.24, 2.45) is 0 Å². The molecule has 722 valence electrons. The molecule has 0 spiro atoms. The van der Waals surface area contributed by atoms with Crippen molar-refractivity contribution in [1.29, 1.82) is 0 Å². The molecule has 13 aromatic heterocycles. The van der Waals surface area contributed by atoms with E-state index in [0.717, 1.165) is 149 Å². The molecule has 8 aliphatic carbocycles. The molecule has 8 aliphatic rings. The number of benzene rings is 3. The molecular weight excluding hydrogens is 1840 g/mol. The van der Waals surface area contributed by atoms with Crippen LogP contribution in [-0.2, 0) is 21.7 Å². The Bertz CT molecular complexity index is 7610. The Morgan fingerprint density at radius 3 is 1.11 bits per heavy atom. The van der Waals surface area contributed by atoms with Crippen molar-refractivity contribution in [3.63, 3.8) is 0 Å². The molecule has 24 rings (SSSR count). The van der Waals surface area contributed by atoms with E-state index in [1.54, 1.807) is 36.8 Å². The Morgan fingerprint density at radius 1 is 0.364 bits per heavy atom. The second-order valence-corrected chi connectivity index (χ2v) is 36.8. The second-order valence-electron chi connectivity index (χ2n) is 36.8. The summed E-state index contributed by atoms with van der Waals surface area (Å²) in [4.78, 5) is 86.8. The lowest BCUT2D eigenvalue weighted by Gasteiger charge is -2.41. The second kappa shape index (κ2) is 34.8. The number of halogens is 10. The minimum atomic E-state index is -4.53. The predicted octanol–water partition coefficient (Wildman–Crippen LogP) is 20.7. The molecule has 3 aromatic carbocycles. The summed E-state index contributed by atoms with van der Waals surface area (Å²) >= 11 is 0. The van der Waals surface area contributed by atoms with Crippen LogP contribution in [0.25, 0.3) is 88.6 Å². The van der Waals surface area contributed by atoms with E-state index in [1.165, 1.54) is 37.6 Å². The van der Waals surface area contributed by atoms with Gasteiger partial charge in [-0.3, -0.25) is 26.6 Å². The number of carbonyl (C=O) groups is 4. The normalized spacial score (nSPS) is 16.6. The fourth-order valence-electron chi connectivity index (χ4n) is 17.1. The van der Waals surface area contributed by atoms with Gasteiger partial charge in [0.25, 0.3) is 0 Å². The van der Waals surface area contributed by atoms with Crippen molar-refractivity contribution in [2.75, 3.05) is 65.5 Å². The van der Waals surface area contributed by atoms with E-state index in [1.807, 2.05) is 29.8 Å². The van der Waals surface area contributed by atoms with Crippen LogP contribution in [0.3, 0.4) is 0 Å². The fraction of sp³-hybridized carbons (Fsp3) is 0.323. The van der Waals surface area contributed by atoms with Gasteiger partial charge in [0.15, 0.2) is 11.6 Å². The number of hydrogen-bond donors (Lipinski definition) is 12. The molecule has 0 unspecified atom stereocenters. The predicted molar refractivity (Wildman–Crippen MR) is 495 cm³/mol. The van der Waals surface area contributed by atoms with Gasteiger partial charge in [-0.05, 0) is 145 Å². The van der Waals surface area contributed by atoms with Gasteiger partial charge < -0.3 is 75.2 Å². The van der Waals surface area contributed by atoms with Crippen LogP contribution in [0.15, 0.2) is 141 Å². The molecule has 37 nitrogen and oxygen atoms in total. The highest BCUT2D eigenvalue weighted by Gasteiger charge is 2.61. The number of nitrogen functional groups attached to an aromatic ring is 4. The number of nitrogens with zero attached hydrogens (tertiary/aromatic N) is 17. The van der Waals surface area contributed by atoms with E-state index < -0.39 is 88.0 Å². The molecule has 16 N–H and O–H groups in total. The van der Waals surface area contributed by atoms with E-state index in [-0.39, 0.29) is 135 Å². The van der Waals surface area contributed by atoms with E-state index in [0.29, 0.717) is 84.7 Å². The molecule has 47 heteroatoms. The number of aromatic nitrogens is 17. The van der Waals surface area contributed by atoms with Crippen LogP contribution in [-0.4, -0.2) is 114 Å². The molecule has 0 aliphatic heterocycles. The van der Waals surface area contributed by atoms with Crippen LogP contribution >= 0.6 is 0 Å². The van der Waals surface area contributed by atoms with Crippen molar-refractivity contribution in [3.05, 3.63) is 187 Å². The van der Waals surface area contributed by atoms with Crippen molar-refractivity contribution >= 4 is 138 Å². The van der Waals surface area contributed by atoms with Crippen LogP contribution in [0.1, 0.15) is 184 Å². The van der Waals surface area contributed by atoms with E-state index in [4.69, 9.17) is 41.0 Å². The van der Waals surface area contributed by atoms with Crippen LogP contribution < -0.4 is 65.5 Å². The quantitative estimate of drug-likeness (QED) is 0.0315. The largest absolute Gasteiger partial charge is 0.400 e. The third kappa shape index (κ3) is 17.7. The van der Waals surface area contributed by atoms with Crippen LogP contribution in [0.2, 0.25) is 0 Å². The number of pyridine rings is 1. The first kappa shape index (κ1) is 91.5. The maximum Gasteiger partial charge on any atom is 0.400 e.